The Labute approximate surface area is 145 Å². The summed E-state index contributed by atoms with van der Waals surface area (Å²) in [5.74, 6) is 1.84. The van der Waals surface area contributed by atoms with Crippen LogP contribution in [0, 0.1) is 0 Å². The van der Waals surface area contributed by atoms with Crippen molar-refractivity contribution in [3.8, 4) is 0 Å². The summed E-state index contributed by atoms with van der Waals surface area (Å²) in [5.41, 5.74) is 1.20. The van der Waals surface area contributed by atoms with Gasteiger partial charge in [0.2, 0.25) is 0 Å². The molecule has 2 rings (SSSR count). The molecule has 0 saturated carbocycles. The number of likely N-dealkylation sites (N-methyl/N-ethyl adjacent to an activating group) is 1. The van der Waals surface area contributed by atoms with Crippen molar-refractivity contribution in [3.63, 3.8) is 0 Å². The van der Waals surface area contributed by atoms with Gasteiger partial charge in [-0.15, -0.1) is 0 Å². The zero-order chi connectivity index (χ0) is 17.2. The molecule has 0 radical (unpaired) electrons. The third-order valence-corrected chi connectivity index (χ3v) is 4.06. The van der Waals surface area contributed by atoms with E-state index in [-0.39, 0.29) is 0 Å². The molecule has 7 heteroatoms. The maximum Gasteiger partial charge on any atom is 0.191 e. The molecule has 134 valence electrons. The van der Waals surface area contributed by atoms with Gasteiger partial charge in [-0.2, -0.15) is 0 Å². The van der Waals surface area contributed by atoms with Crippen LogP contribution < -0.4 is 15.5 Å². The topological polar surface area (TPSA) is 65.0 Å². The molecule has 1 aliphatic heterocycles. The number of nitrogens with zero attached hydrogens (tertiary/aromatic N) is 4. The minimum absolute atomic E-state index is 0.681. The van der Waals surface area contributed by atoms with Crippen molar-refractivity contribution in [1.82, 2.24) is 20.5 Å². The molecule has 1 fully saturated rings. The summed E-state index contributed by atoms with van der Waals surface area (Å²) in [6.07, 6.45) is 1.88. The highest BCUT2D eigenvalue weighted by Crippen LogP contribution is 2.14. The van der Waals surface area contributed by atoms with E-state index in [1.807, 2.05) is 19.2 Å². The van der Waals surface area contributed by atoms with Gasteiger partial charge < -0.3 is 25.2 Å². The standard InChI is InChI=1S/C17H30N6O/c1-4-24-12-7-20-17(18-2)21-14-15-5-6-19-16(13-15)23-10-8-22(3)9-11-23/h5-6,13H,4,7-12,14H2,1-3H3,(H2,18,20,21). The molecule has 0 unspecified atom stereocenters. The second-order valence-electron chi connectivity index (χ2n) is 5.86. The fourth-order valence-corrected chi connectivity index (χ4v) is 2.57. The van der Waals surface area contributed by atoms with Crippen LogP contribution in [0.4, 0.5) is 5.82 Å². The molecule has 1 aromatic heterocycles. The molecule has 1 aromatic rings. The number of rotatable bonds is 7. The van der Waals surface area contributed by atoms with E-state index in [0.29, 0.717) is 6.61 Å². The minimum atomic E-state index is 0.681. The summed E-state index contributed by atoms with van der Waals surface area (Å²) < 4.78 is 5.32. The lowest BCUT2D eigenvalue weighted by Crippen LogP contribution is -2.44. The Hall–Kier alpha value is -1.86. The molecule has 2 heterocycles. The Kier molecular flexibility index (Phi) is 7.77. The fourth-order valence-electron chi connectivity index (χ4n) is 2.57. The van der Waals surface area contributed by atoms with Crippen molar-refractivity contribution in [2.24, 2.45) is 4.99 Å². The Morgan fingerprint density at radius 2 is 2.08 bits per heavy atom. The first kappa shape index (κ1) is 18.5. The molecule has 0 bridgehead atoms. The summed E-state index contributed by atoms with van der Waals surface area (Å²) in [7, 11) is 3.94. The zero-order valence-electron chi connectivity index (χ0n) is 15.1. The zero-order valence-corrected chi connectivity index (χ0v) is 15.1. The lowest BCUT2D eigenvalue weighted by molar-refractivity contribution is 0.152. The summed E-state index contributed by atoms with van der Waals surface area (Å²) in [5, 5.41) is 6.57. The molecule has 1 saturated heterocycles. The Morgan fingerprint density at radius 3 is 2.79 bits per heavy atom. The monoisotopic (exact) mass is 334 g/mol. The maximum absolute atomic E-state index is 5.32. The largest absolute Gasteiger partial charge is 0.380 e. The SMILES string of the molecule is CCOCCNC(=NC)NCc1ccnc(N2CCN(C)CC2)c1. The van der Waals surface area contributed by atoms with Crippen molar-refractivity contribution in [3.05, 3.63) is 23.9 Å². The number of piperazine rings is 1. The highest BCUT2D eigenvalue weighted by Gasteiger charge is 2.15. The van der Waals surface area contributed by atoms with E-state index in [1.54, 1.807) is 7.05 Å². The van der Waals surface area contributed by atoms with Crippen LogP contribution in [0.3, 0.4) is 0 Å². The smallest absolute Gasteiger partial charge is 0.191 e. The summed E-state index contributed by atoms with van der Waals surface area (Å²) in [4.78, 5) is 13.4. The van der Waals surface area contributed by atoms with Crippen LogP contribution in [0.5, 0.6) is 0 Å². The fraction of sp³-hybridized carbons (Fsp3) is 0.647. The van der Waals surface area contributed by atoms with Crippen LogP contribution >= 0.6 is 0 Å². The number of hydrogen-bond acceptors (Lipinski definition) is 5. The van der Waals surface area contributed by atoms with Gasteiger partial charge in [0.25, 0.3) is 0 Å². The van der Waals surface area contributed by atoms with Crippen LogP contribution in [0.2, 0.25) is 0 Å². The normalized spacial score (nSPS) is 16.3. The summed E-state index contributed by atoms with van der Waals surface area (Å²) in [6, 6.07) is 4.20. The average Bonchev–Trinajstić information content (AvgIpc) is 2.62. The van der Waals surface area contributed by atoms with Gasteiger partial charge >= 0.3 is 0 Å². The van der Waals surface area contributed by atoms with Gasteiger partial charge in [-0.05, 0) is 31.7 Å². The molecular formula is C17H30N6O. The van der Waals surface area contributed by atoms with Crippen molar-refractivity contribution in [2.75, 3.05) is 64.9 Å². The second kappa shape index (κ2) is 10.1. The van der Waals surface area contributed by atoms with Gasteiger partial charge in [-0.25, -0.2) is 4.98 Å². The number of nitrogens with one attached hydrogen (secondary N) is 2. The number of anilines is 1. The molecule has 0 amide bonds. The number of aromatic nitrogens is 1. The van der Waals surface area contributed by atoms with Crippen LogP contribution in [-0.4, -0.2) is 75.9 Å². The van der Waals surface area contributed by atoms with Crippen LogP contribution in [0.15, 0.2) is 23.3 Å². The number of ether oxygens (including phenoxy) is 1. The lowest BCUT2D eigenvalue weighted by atomic mass is 10.2. The van der Waals surface area contributed by atoms with Crippen LogP contribution in [-0.2, 0) is 11.3 Å². The van der Waals surface area contributed by atoms with Crippen molar-refractivity contribution < 1.29 is 4.74 Å². The quantitative estimate of drug-likeness (QED) is 0.431. The van der Waals surface area contributed by atoms with Gasteiger partial charge in [0, 0.05) is 59.1 Å². The van der Waals surface area contributed by atoms with E-state index >= 15 is 0 Å². The van der Waals surface area contributed by atoms with E-state index in [9.17, 15) is 0 Å². The van der Waals surface area contributed by atoms with E-state index in [1.165, 1.54) is 5.56 Å². The molecule has 0 atom stereocenters. The second-order valence-corrected chi connectivity index (χ2v) is 5.86. The van der Waals surface area contributed by atoms with Gasteiger partial charge in [0.15, 0.2) is 5.96 Å². The van der Waals surface area contributed by atoms with Gasteiger partial charge in [-0.1, -0.05) is 0 Å². The number of guanidine groups is 1. The van der Waals surface area contributed by atoms with Crippen LogP contribution in [0.25, 0.3) is 0 Å². The Balaban J connectivity index is 1.83. The molecule has 0 spiro atoms. The number of aliphatic imine (C=N–C) groups is 1. The van der Waals surface area contributed by atoms with E-state index in [0.717, 1.165) is 57.7 Å². The van der Waals surface area contributed by atoms with E-state index in [4.69, 9.17) is 4.74 Å². The van der Waals surface area contributed by atoms with Crippen LogP contribution in [0.1, 0.15) is 12.5 Å². The lowest BCUT2D eigenvalue weighted by Gasteiger charge is -2.33. The minimum Gasteiger partial charge on any atom is -0.380 e. The van der Waals surface area contributed by atoms with Crippen molar-refractivity contribution in [1.29, 1.82) is 0 Å². The first-order valence-electron chi connectivity index (χ1n) is 8.63. The predicted octanol–water partition coefficient (Wildman–Crippen LogP) is 0.535. The molecule has 0 aromatic carbocycles. The first-order chi connectivity index (χ1) is 11.7. The van der Waals surface area contributed by atoms with Crippen molar-refractivity contribution >= 4 is 11.8 Å². The Morgan fingerprint density at radius 1 is 1.29 bits per heavy atom. The number of pyridine rings is 1. The highest BCUT2D eigenvalue weighted by molar-refractivity contribution is 5.79. The third kappa shape index (κ3) is 5.98. The molecule has 24 heavy (non-hydrogen) atoms. The maximum atomic E-state index is 5.32. The summed E-state index contributed by atoms with van der Waals surface area (Å²) >= 11 is 0. The van der Waals surface area contributed by atoms with Gasteiger partial charge in [0.1, 0.15) is 5.82 Å². The first-order valence-corrected chi connectivity index (χ1v) is 8.63. The van der Waals surface area contributed by atoms with E-state index < -0.39 is 0 Å². The Bertz CT molecular complexity index is 514. The molecule has 0 aliphatic carbocycles. The predicted molar refractivity (Wildman–Crippen MR) is 98.6 cm³/mol. The van der Waals surface area contributed by atoms with E-state index in [2.05, 4.69) is 43.5 Å². The molecule has 7 nitrogen and oxygen atoms in total. The number of hydrogen-bond donors (Lipinski definition) is 2. The van der Waals surface area contributed by atoms with Gasteiger partial charge in [0.05, 0.1) is 6.61 Å². The molecule has 2 N–H and O–H groups in total. The highest BCUT2D eigenvalue weighted by atomic mass is 16.5. The average molecular weight is 334 g/mol. The van der Waals surface area contributed by atoms with Gasteiger partial charge in [-0.3, -0.25) is 4.99 Å². The van der Waals surface area contributed by atoms with Crippen molar-refractivity contribution in [2.45, 2.75) is 13.5 Å². The molecular weight excluding hydrogens is 304 g/mol. The molecule has 1 aliphatic rings. The third-order valence-electron chi connectivity index (χ3n) is 4.06. The summed E-state index contributed by atoms with van der Waals surface area (Å²) in [6.45, 7) is 9.10.